The molecule has 66 heavy (non-hydrogen) atoms. The summed E-state index contributed by atoms with van der Waals surface area (Å²) in [6.07, 6.45) is 1.30. The minimum absolute atomic E-state index is 0.0797. The normalized spacial score (nSPS) is 20.1. The number of nitrogens with one attached hydrogen (secondary N) is 4. The molecular weight excluding hydrogens is 859 g/mol. The largest absolute Gasteiger partial charge is 0.488 e. The van der Waals surface area contributed by atoms with Gasteiger partial charge in [-0.3, -0.25) is 9.59 Å². The second-order valence-electron chi connectivity index (χ2n) is 18.0. The Morgan fingerprint density at radius 2 is 1.44 bits per heavy atom. The van der Waals surface area contributed by atoms with E-state index in [2.05, 4.69) is 43.5 Å². The number of hydrogen-bond acceptors (Lipinski definition) is 11. The molecule has 0 bridgehead atoms. The van der Waals surface area contributed by atoms with E-state index in [1.54, 1.807) is 37.0 Å². The molecule has 5 aromatic rings. The monoisotopic (exact) mass is 914 g/mol. The van der Waals surface area contributed by atoms with Gasteiger partial charge in [-0.05, 0) is 71.0 Å². The van der Waals surface area contributed by atoms with Crippen molar-refractivity contribution in [1.82, 2.24) is 40.4 Å². The second-order valence-corrected chi connectivity index (χ2v) is 18.0. The number of fused-ring (bicyclic) bond motifs is 6. The average molecular weight is 915 g/mol. The number of ether oxygens (including phenoxy) is 5. The van der Waals surface area contributed by atoms with Gasteiger partial charge in [0, 0.05) is 43.0 Å². The summed E-state index contributed by atoms with van der Waals surface area (Å²) in [4.78, 5) is 72.4. The van der Waals surface area contributed by atoms with Crippen LogP contribution in [0.1, 0.15) is 69.8 Å². The molecule has 3 aliphatic rings. The van der Waals surface area contributed by atoms with Gasteiger partial charge in [0.05, 0.1) is 62.4 Å². The summed E-state index contributed by atoms with van der Waals surface area (Å²) in [6, 6.07) is 11.5. The third-order valence-electron chi connectivity index (χ3n) is 12.9. The van der Waals surface area contributed by atoms with E-state index >= 15 is 0 Å². The molecule has 2 fully saturated rings. The van der Waals surface area contributed by atoms with Gasteiger partial charge in [0.2, 0.25) is 11.8 Å². The van der Waals surface area contributed by atoms with Crippen molar-refractivity contribution in [3.8, 4) is 28.1 Å². The maximum atomic E-state index is 14.1. The number of halogens is 2. The first-order chi connectivity index (χ1) is 31.7. The van der Waals surface area contributed by atoms with Gasteiger partial charge in [-0.15, -0.1) is 0 Å². The van der Waals surface area contributed by atoms with Crippen LogP contribution in [0, 0.1) is 23.7 Å². The summed E-state index contributed by atoms with van der Waals surface area (Å²) in [6.45, 7) is 5.52. The van der Waals surface area contributed by atoms with Crippen LogP contribution >= 0.6 is 0 Å². The number of alkyl carbamates (subject to hydrolysis) is 2. The molecule has 0 radical (unpaired) electrons. The van der Waals surface area contributed by atoms with Gasteiger partial charge < -0.3 is 54.1 Å². The first-order valence-electron chi connectivity index (χ1n) is 22.1. The van der Waals surface area contributed by atoms with Crippen molar-refractivity contribution in [2.45, 2.75) is 77.9 Å². The average Bonchev–Trinajstić information content (AvgIpc) is 4.13. The molecule has 352 valence electrons. The molecule has 17 nitrogen and oxygen atoms in total. The van der Waals surface area contributed by atoms with Crippen molar-refractivity contribution < 1.29 is 51.6 Å². The first-order valence-corrected chi connectivity index (χ1v) is 22.1. The number of carbonyl (C=O) groups is 4. The van der Waals surface area contributed by atoms with E-state index in [1.165, 1.54) is 14.2 Å². The molecule has 0 aliphatic carbocycles. The smallest absolute Gasteiger partial charge is 0.407 e. The van der Waals surface area contributed by atoms with E-state index in [-0.39, 0.29) is 48.8 Å². The minimum Gasteiger partial charge on any atom is -0.488 e. The molecule has 6 atom stereocenters. The molecule has 4 amide bonds. The minimum atomic E-state index is -2.95. The number of aromatic nitrogens is 4. The summed E-state index contributed by atoms with van der Waals surface area (Å²) in [5.74, 6) is 0.420. The Labute approximate surface area is 380 Å². The molecule has 3 aromatic carbocycles. The lowest BCUT2D eigenvalue weighted by Crippen LogP contribution is -2.51. The van der Waals surface area contributed by atoms with Crippen LogP contribution in [-0.2, 0) is 35.1 Å². The number of likely N-dealkylation sites (tertiary alicyclic amines) is 2. The highest BCUT2D eigenvalue weighted by atomic mass is 19.3. The summed E-state index contributed by atoms with van der Waals surface area (Å²) in [7, 11) is 4.13. The summed E-state index contributed by atoms with van der Waals surface area (Å²) in [5.41, 5.74) is 5.95. The lowest BCUT2D eigenvalue weighted by Gasteiger charge is -2.30. The highest BCUT2D eigenvalue weighted by Gasteiger charge is 2.43. The van der Waals surface area contributed by atoms with Crippen LogP contribution in [0.2, 0.25) is 0 Å². The Morgan fingerprint density at radius 3 is 2.05 bits per heavy atom. The fourth-order valence-electron chi connectivity index (χ4n) is 9.58. The molecule has 0 spiro atoms. The highest BCUT2D eigenvalue weighted by Crippen LogP contribution is 2.44. The van der Waals surface area contributed by atoms with E-state index in [9.17, 15) is 28.0 Å². The van der Waals surface area contributed by atoms with Gasteiger partial charge in [0.1, 0.15) is 36.1 Å². The lowest BCUT2D eigenvalue weighted by atomic mass is 9.92. The standard InChI is InChI=1S/C47H56F2N8O9/c1-23(2)38(54-46(60)63-6)43(58)56-18-25(20-62-5)12-35(56)41-50-17-34(52-41)28-8-10-30-29(14-28)22-65-37-16-31-27(15-32(30)37)9-11-33-40(31)53-42(51-33)36-13-26(21-66-45(48)49)19-57(36)44(59)39(24(3)4)55-47(61)64-7/h8-11,14-17,23-26,35-36,38-39,45H,12-13,18-22H2,1-7H3,(H,50,52)(H,51,53)(H,54,60)(H,55,61). The zero-order chi connectivity index (χ0) is 47.0. The lowest BCUT2D eigenvalue weighted by molar-refractivity contribution is -0.139. The Balaban J connectivity index is 1.06. The fourth-order valence-corrected chi connectivity index (χ4v) is 9.58. The van der Waals surface area contributed by atoms with Crippen LogP contribution in [0.25, 0.3) is 44.2 Å². The number of alkyl halides is 2. The zero-order valence-corrected chi connectivity index (χ0v) is 38.0. The maximum Gasteiger partial charge on any atom is 0.407 e. The molecule has 8 rings (SSSR count). The zero-order valence-electron chi connectivity index (χ0n) is 38.0. The fraction of sp³-hybridized carbons (Fsp3) is 0.489. The molecule has 2 aromatic heterocycles. The molecular formula is C47H56F2N8O9. The Morgan fingerprint density at radius 1 is 0.803 bits per heavy atom. The Hall–Kier alpha value is -6.34. The van der Waals surface area contributed by atoms with Crippen molar-refractivity contribution >= 4 is 45.8 Å². The van der Waals surface area contributed by atoms with Crippen molar-refractivity contribution in [3.63, 3.8) is 0 Å². The van der Waals surface area contributed by atoms with E-state index in [4.69, 9.17) is 28.9 Å². The molecule has 2 saturated heterocycles. The number of carbonyl (C=O) groups excluding carboxylic acids is 4. The summed E-state index contributed by atoms with van der Waals surface area (Å²) in [5, 5.41) is 7.07. The highest BCUT2D eigenvalue weighted by molar-refractivity contribution is 6.07. The molecule has 3 aliphatic heterocycles. The predicted molar refractivity (Wildman–Crippen MR) is 238 cm³/mol. The molecule has 0 saturated carbocycles. The second kappa shape index (κ2) is 19.2. The number of hydrogen-bond donors (Lipinski definition) is 4. The topological polar surface area (TPSA) is 202 Å². The van der Waals surface area contributed by atoms with Crippen molar-refractivity contribution in [2.75, 3.05) is 47.6 Å². The number of rotatable bonds is 14. The van der Waals surface area contributed by atoms with Crippen LogP contribution in [0.3, 0.4) is 0 Å². The number of aromatic amines is 2. The first kappa shape index (κ1) is 46.2. The van der Waals surface area contributed by atoms with E-state index in [0.717, 1.165) is 44.2 Å². The quantitative estimate of drug-likeness (QED) is 0.0886. The molecule has 5 heterocycles. The van der Waals surface area contributed by atoms with Gasteiger partial charge in [-0.25, -0.2) is 19.6 Å². The van der Waals surface area contributed by atoms with E-state index in [0.29, 0.717) is 55.5 Å². The van der Waals surface area contributed by atoms with E-state index < -0.39 is 42.8 Å². The van der Waals surface area contributed by atoms with Gasteiger partial charge in [-0.1, -0.05) is 45.9 Å². The number of benzene rings is 3. The predicted octanol–water partition coefficient (Wildman–Crippen LogP) is 7.09. The van der Waals surface area contributed by atoms with Crippen LogP contribution < -0.4 is 15.4 Å². The molecule has 19 heteroatoms. The van der Waals surface area contributed by atoms with Crippen LogP contribution in [-0.4, -0.2) is 120 Å². The number of amides is 4. The number of H-pyrrole nitrogens is 2. The third kappa shape index (κ3) is 9.22. The number of nitrogens with zero attached hydrogens (tertiary/aromatic N) is 4. The SMILES string of the molecule is COCC1CC(c2ncc(-c3ccc4c(c3)COc3cc5c(ccc6[nH]c(C7CC(COC(F)F)CN7C(=O)C(NC(=O)OC)C(C)C)nc65)cc3-4)[nH]2)N(C(=O)C(NC(=O)OC)C(C)C)C1. The van der Waals surface area contributed by atoms with Crippen LogP contribution in [0.15, 0.2) is 48.7 Å². The number of methoxy groups -OCH3 is 3. The van der Waals surface area contributed by atoms with Gasteiger partial charge >= 0.3 is 18.8 Å². The van der Waals surface area contributed by atoms with Gasteiger partial charge in [-0.2, -0.15) is 8.78 Å². The van der Waals surface area contributed by atoms with Gasteiger partial charge in [0.15, 0.2) is 0 Å². The van der Waals surface area contributed by atoms with Crippen molar-refractivity contribution in [1.29, 1.82) is 0 Å². The summed E-state index contributed by atoms with van der Waals surface area (Å²) < 4.78 is 52.4. The maximum absolute atomic E-state index is 14.1. The molecule has 6 unspecified atom stereocenters. The Bertz CT molecular complexity index is 2620. The Kier molecular flexibility index (Phi) is 13.5. The number of imidazole rings is 2. The van der Waals surface area contributed by atoms with E-state index in [1.807, 2.05) is 38.1 Å². The molecule has 4 N–H and O–H groups in total. The van der Waals surface area contributed by atoms with Crippen LogP contribution in [0.5, 0.6) is 5.75 Å². The third-order valence-corrected chi connectivity index (χ3v) is 12.9. The summed E-state index contributed by atoms with van der Waals surface area (Å²) >= 11 is 0. The van der Waals surface area contributed by atoms with Crippen LogP contribution in [0.4, 0.5) is 18.4 Å². The van der Waals surface area contributed by atoms with Crippen molar-refractivity contribution in [2.24, 2.45) is 23.7 Å². The van der Waals surface area contributed by atoms with Gasteiger partial charge in [0.25, 0.3) is 0 Å². The van der Waals surface area contributed by atoms with Crippen molar-refractivity contribution in [3.05, 3.63) is 65.9 Å².